The lowest BCUT2D eigenvalue weighted by atomic mass is 10.2. The second kappa shape index (κ2) is 8.92. The molecule has 9 heteroatoms. The number of benzene rings is 2. The van der Waals surface area contributed by atoms with Crippen LogP contribution in [0.3, 0.4) is 0 Å². The maximum atomic E-state index is 12.5. The lowest BCUT2D eigenvalue weighted by Gasteiger charge is -2.11. The zero-order valence-corrected chi connectivity index (χ0v) is 16.8. The van der Waals surface area contributed by atoms with E-state index in [0.29, 0.717) is 17.5 Å². The Kier molecular flexibility index (Phi) is 7.10. The molecule has 0 saturated heterocycles. The Morgan fingerprint density at radius 3 is 2.15 bits per heavy atom. The van der Waals surface area contributed by atoms with Gasteiger partial charge in [0.2, 0.25) is 20.0 Å². The van der Waals surface area contributed by atoms with Gasteiger partial charge < -0.3 is 0 Å². The first kappa shape index (κ1) is 21.5. The van der Waals surface area contributed by atoms with Crippen molar-refractivity contribution in [3.63, 3.8) is 0 Å². The van der Waals surface area contributed by atoms with Gasteiger partial charge in [-0.05, 0) is 55.7 Å². The number of hydrogen-bond acceptors (Lipinski definition) is 4. The number of halogens is 1. The van der Waals surface area contributed by atoms with Crippen LogP contribution < -0.4 is 9.44 Å². The average molecular weight is 415 g/mol. The summed E-state index contributed by atoms with van der Waals surface area (Å²) >= 11 is 0. The fraction of sp³-hybridized carbons (Fsp3) is 0.333. The molecule has 0 spiro atoms. The number of hydrogen-bond donors (Lipinski definition) is 2. The topological polar surface area (TPSA) is 92.3 Å². The summed E-state index contributed by atoms with van der Waals surface area (Å²) in [6, 6.07) is 11.7. The first-order valence-electron chi connectivity index (χ1n) is 8.40. The van der Waals surface area contributed by atoms with Crippen LogP contribution in [0.15, 0.2) is 58.3 Å². The maximum Gasteiger partial charge on any atom is 0.240 e. The number of alkyl halides is 1. The number of sulfonamides is 2. The second-order valence-electron chi connectivity index (χ2n) is 6.35. The molecule has 2 N–H and O–H groups in total. The van der Waals surface area contributed by atoms with Gasteiger partial charge >= 0.3 is 0 Å². The van der Waals surface area contributed by atoms with Crippen LogP contribution in [0.5, 0.6) is 0 Å². The van der Waals surface area contributed by atoms with Gasteiger partial charge in [-0.15, -0.1) is 0 Å². The molecule has 0 aliphatic rings. The predicted octanol–water partition coefficient (Wildman–Crippen LogP) is 2.36. The van der Waals surface area contributed by atoms with Gasteiger partial charge in [0.1, 0.15) is 6.67 Å². The van der Waals surface area contributed by atoms with E-state index < -0.39 is 26.7 Å². The Morgan fingerprint density at radius 2 is 1.56 bits per heavy atom. The van der Waals surface area contributed by atoms with Gasteiger partial charge in [0.15, 0.2) is 0 Å². The van der Waals surface area contributed by atoms with Gasteiger partial charge in [-0.2, -0.15) is 0 Å². The summed E-state index contributed by atoms with van der Waals surface area (Å²) < 4.78 is 66.4. The molecular formula is C18H23FN2O4S2. The van der Waals surface area contributed by atoms with Gasteiger partial charge in [0.05, 0.1) is 9.79 Å². The lowest BCUT2D eigenvalue weighted by molar-refractivity contribution is 0.485. The molecule has 0 fully saturated rings. The Labute approximate surface area is 159 Å². The molecule has 0 amide bonds. The molecule has 0 heterocycles. The second-order valence-corrected chi connectivity index (χ2v) is 9.83. The summed E-state index contributed by atoms with van der Waals surface area (Å²) in [5.41, 5.74) is 1.10. The molecule has 0 aliphatic heterocycles. The Hall–Kier alpha value is -1.81. The van der Waals surface area contributed by atoms with E-state index in [1.54, 1.807) is 26.0 Å². The van der Waals surface area contributed by atoms with E-state index in [2.05, 4.69) is 9.44 Å². The first-order chi connectivity index (χ1) is 12.6. The predicted molar refractivity (Wildman–Crippen MR) is 102 cm³/mol. The van der Waals surface area contributed by atoms with Crippen LogP contribution in [-0.2, 0) is 33.1 Å². The zero-order chi connectivity index (χ0) is 20.1. The third-order valence-corrected chi connectivity index (χ3v) is 6.83. The third kappa shape index (κ3) is 6.10. The highest BCUT2D eigenvalue weighted by molar-refractivity contribution is 7.89. The van der Waals surface area contributed by atoms with Crippen LogP contribution in [0, 0.1) is 0 Å². The van der Waals surface area contributed by atoms with Gasteiger partial charge in [-0.25, -0.2) is 30.7 Å². The number of rotatable bonds is 9. The highest BCUT2D eigenvalue weighted by atomic mass is 32.2. The molecule has 0 radical (unpaired) electrons. The summed E-state index contributed by atoms with van der Waals surface area (Å²) in [7, 11) is -7.32. The molecular weight excluding hydrogens is 391 g/mol. The third-order valence-electron chi connectivity index (χ3n) is 3.69. The van der Waals surface area contributed by atoms with Crippen LogP contribution in [0.4, 0.5) is 4.39 Å². The monoisotopic (exact) mass is 414 g/mol. The smallest absolute Gasteiger partial charge is 0.240 e. The van der Waals surface area contributed by atoms with Crippen molar-refractivity contribution < 1.29 is 21.2 Å². The summed E-state index contributed by atoms with van der Waals surface area (Å²) in [5.74, 6) is 0. The molecule has 27 heavy (non-hydrogen) atoms. The highest BCUT2D eigenvalue weighted by Gasteiger charge is 2.16. The van der Waals surface area contributed by atoms with Crippen molar-refractivity contribution in [1.82, 2.24) is 9.44 Å². The van der Waals surface area contributed by atoms with Crippen molar-refractivity contribution in [2.24, 2.45) is 0 Å². The minimum Gasteiger partial charge on any atom is -0.246 e. The fourth-order valence-electron chi connectivity index (χ4n) is 2.42. The van der Waals surface area contributed by atoms with E-state index in [0.717, 1.165) is 0 Å². The quantitative estimate of drug-likeness (QED) is 0.659. The van der Waals surface area contributed by atoms with E-state index >= 15 is 0 Å². The normalized spacial score (nSPS) is 12.4. The minimum atomic E-state index is -3.71. The van der Waals surface area contributed by atoms with Crippen molar-refractivity contribution in [3.8, 4) is 0 Å². The Morgan fingerprint density at radius 1 is 0.889 bits per heavy atom. The molecule has 2 aromatic carbocycles. The standard InChI is InChI=1S/C18H23FN2O4S2/c1-14(2)21-27(24,25)18-5-3-4-15(12-18)10-11-20-26(22,23)17-8-6-16(13-19)7-9-17/h3-9,12,14,20-21H,10-11,13H2,1-2H3. The van der Waals surface area contributed by atoms with Gasteiger partial charge in [-0.3, -0.25) is 0 Å². The van der Waals surface area contributed by atoms with Gasteiger partial charge in [-0.1, -0.05) is 24.3 Å². The van der Waals surface area contributed by atoms with Crippen LogP contribution in [-0.4, -0.2) is 29.4 Å². The summed E-state index contributed by atoms with van der Waals surface area (Å²) in [4.78, 5) is 0.190. The molecule has 0 unspecified atom stereocenters. The van der Waals surface area contributed by atoms with E-state index in [9.17, 15) is 21.2 Å². The van der Waals surface area contributed by atoms with Gasteiger partial charge in [0, 0.05) is 12.6 Å². The number of nitrogens with one attached hydrogen (secondary N) is 2. The molecule has 148 valence electrons. The van der Waals surface area contributed by atoms with E-state index in [4.69, 9.17) is 0 Å². The molecule has 0 aliphatic carbocycles. The van der Waals surface area contributed by atoms with Crippen molar-refractivity contribution in [1.29, 1.82) is 0 Å². The molecule has 0 aromatic heterocycles. The first-order valence-corrected chi connectivity index (χ1v) is 11.4. The van der Waals surface area contributed by atoms with E-state index in [1.807, 2.05) is 0 Å². The van der Waals surface area contributed by atoms with Crippen LogP contribution in [0.25, 0.3) is 0 Å². The summed E-state index contributed by atoms with van der Waals surface area (Å²) in [5, 5.41) is 0. The molecule has 2 aromatic rings. The minimum absolute atomic E-state index is 0.0529. The molecule has 2 rings (SSSR count). The molecule has 0 bridgehead atoms. The van der Waals surface area contributed by atoms with Crippen LogP contribution in [0.2, 0.25) is 0 Å². The van der Waals surface area contributed by atoms with Crippen molar-refractivity contribution in [2.75, 3.05) is 6.54 Å². The Balaban J connectivity index is 2.03. The molecule has 0 saturated carbocycles. The summed E-state index contributed by atoms with van der Waals surface area (Å²) in [6.07, 6.45) is 0.326. The van der Waals surface area contributed by atoms with Gasteiger partial charge in [0.25, 0.3) is 0 Å². The van der Waals surface area contributed by atoms with Crippen molar-refractivity contribution in [3.05, 3.63) is 59.7 Å². The van der Waals surface area contributed by atoms with Crippen molar-refractivity contribution in [2.45, 2.75) is 42.8 Å². The van der Waals surface area contributed by atoms with Crippen LogP contribution in [0.1, 0.15) is 25.0 Å². The lowest BCUT2D eigenvalue weighted by Crippen LogP contribution is -2.30. The van der Waals surface area contributed by atoms with E-state index in [-0.39, 0.29) is 22.4 Å². The zero-order valence-electron chi connectivity index (χ0n) is 15.1. The Bertz CT molecular complexity index is 973. The van der Waals surface area contributed by atoms with Crippen LogP contribution >= 0.6 is 0 Å². The molecule has 0 atom stereocenters. The largest absolute Gasteiger partial charge is 0.246 e. The highest BCUT2D eigenvalue weighted by Crippen LogP contribution is 2.14. The van der Waals surface area contributed by atoms with E-state index in [1.165, 1.54) is 36.4 Å². The SMILES string of the molecule is CC(C)NS(=O)(=O)c1cccc(CCNS(=O)(=O)c2ccc(CF)cc2)c1. The molecule has 6 nitrogen and oxygen atoms in total. The maximum absolute atomic E-state index is 12.5. The fourth-order valence-corrected chi connectivity index (χ4v) is 4.77. The average Bonchev–Trinajstić information content (AvgIpc) is 2.61. The van der Waals surface area contributed by atoms with Crippen molar-refractivity contribution >= 4 is 20.0 Å². The summed E-state index contributed by atoms with van der Waals surface area (Å²) in [6.45, 7) is 2.92.